The number of benzene rings is 2. The van der Waals surface area contributed by atoms with Crippen molar-refractivity contribution in [1.29, 1.82) is 0 Å². The summed E-state index contributed by atoms with van der Waals surface area (Å²) in [6.07, 6.45) is 3.46. The number of anilines is 1. The predicted octanol–water partition coefficient (Wildman–Crippen LogP) is 3.63. The number of hydrogen-bond donors (Lipinski definition) is 1. The topological polar surface area (TPSA) is 64.9 Å². The zero-order valence-corrected chi connectivity index (χ0v) is 11.0. The van der Waals surface area contributed by atoms with Gasteiger partial charge in [-0.05, 0) is 35.9 Å². The molecule has 2 aromatic carbocycles. The van der Waals surface area contributed by atoms with Crippen LogP contribution in [0.1, 0.15) is 11.5 Å². The molecule has 0 aliphatic heterocycles. The van der Waals surface area contributed by atoms with Gasteiger partial charge < -0.3 is 10.3 Å². The first-order chi connectivity index (χ1) is 10.2. The lowest BCUT2D eigenvalue weighted by Gasteiger charge is -1.94. The molecule has 0 aliphatic rings. The van der Waals surface area contributed by atoms with Crippen molar-refractivity contribution in [1.82, 2.24) is 10.1 Å². The van der Waals surface area contributed by atoms with E-state index in [2.05, 4.69) is 10.1 Å². The Bertz CT molecular complexity index is 795. The second kappa shape index (κ2) is 5.58. The quantitative estimate of drug-likeness (QED) is 0.744. The normalized spacial score (nSPS) is 11.1. The van der Waals surface area contributed by atoms with Crippen LogP contribution in [0.25, 0.3) is 23.5 Å². The van der Waals surface area contributed by atoms with Crippen molar-refractivity contribution >= 4 is 17.8 Å². The summed E-state index contributed by atoms with van der Waals surface area (Å²) in [7, 11) is 0. The van der Waals surface area contributed by atoms with Crippen LogP contribution in [0, 0.1) is 5.82 Å². The molecule has 0 unspecified atom stereocenters. The number of nitrogens with zero attached hydrogens (tertiary/aromatic N) is 2. The zero-order chi connectivity index (χ0) is 14.7. The van der Waals surface area contributed by atoms with Crippen molar-refractivity contribution in [2.75, 3.05) is 5.73 Å². The van der Waals surface area contributed by atoms with E-state index >= 15 is 0 Å². The largest absolute Gasteiger partial charge is 0.399 e. The first-order valence-electron chi connectivity index (χ1n) is 6.34. The van der Waals surface area contributed by atoms with Crippen molar-refractivity contribution in [2.45, 2.75) is 0 Å². The molecule has 1 aromatic heterocycles. The maximum atomic E-state index is 13.6. The minimum absolute atomic E-state index is 0.223. The summed E-state index contributed by atoms with van der Waals surface area (Å²) < 4.78 is 18.7. The summed E-state index contributed by atoms with van der Waals surface area (Å²) in [5.74, 6) is 0.140. The fraction of sp³-hybridized carbons (Fsp3) is 0. The van der Waals surface area contributed by atoms with E-state index < -0.39 is 0 Å². The summed E-state index contributed by atoms with van der Waals surface area (Å²) in [6.45, 7) is 0. The van der Waals surface area contributed by atoms with Gasteiger partial charge >= 0.3 is 0 Å². The maximum Gasteiger partial charge on any atom is 0.250 e. The van der Waals surface area contributed by atoms with Crippen LogP contribution in [0.5, 0.6) is 0 Å². The number of nitrogens with two attached hydrogens (primary N) is 1. The van der Waals surface area contributed by atoms with Crippen LogP contribution >= 0.6 is 0 Å². The number of aromatic nitrogens is 2. The molecule has 2 N–H and O–H groups in total. The van der Waals surface area contributed by atoms with Crippen LogP contribution in [-0.4, -0.2) is 10.1 Å². The molecule has 0 saturated carbocycles. The van der Waals surface area contributed by atoms with Crippen LogP contribution in [0.4, 0.5) is 10.1 Å². The molecule has 21 heavy (non-hydrogen) atoms. The van der Waals surface area contributed by atoms with Crippen molar-refractivity contribution in [3.05, 3.63) is 65.8 Å². The Kier molecular flexibility index (Phi) is 3.47. The number of hydrogen-bond acceptors (Lipinski definition) is 4. The van der Waals surface area contributed by atoms with E-state index in [1.54, 1.807) is 36.4 Å². The number of halogens is 1. The number of nitrogen functional groups attached to an aromatic ring is 1. The predicted molar refractivity (Wildman–Crippen MR) is 79.5 cm³/mol. The minimum Gasteiger partial charge on any atom is -0.399 e. The molecule has 0 bridgehead atoms. The molecule has 3 rings (SSSR count). The van der Waals surface area contributed by atoms with Gasteiger partial charge in [0.15, 0.2) is 0 Å². The van der Waals surface area contributed by atoms with E-state index in [9.17, 15) is 4.39 Å². The molecule has 4 nitrogen and oxygen atoms in total. The fourth-order valence-electron chi connectivity index (χ4n) is 1.89. The Hall–Kier alpha value is -2.95. The third-order valence-corrected chi connectivity index (χ3v) is 2.89. The van der Waals surface area contributed by atoms with Gasteiger partial charge in [-0.25, -0.2) is 4.39 Å². The van der Waals surface area contributed by atoms with Gasteiger partial charge in [-0.15, -0.1) is 0 Å². The maximum absolute atomic E-state index is 13.6. The Labute approximate surface area is 120 Å². The molecule has 3 aromatic rings. The molecule has 0 fully saturated rings. The standard InChI is InChI=1S/C16H12FN3O/c17-14-7-2-1-6-13(14)16-19-15(21-20-16)9-8-11-4-3-5-12(18)10-11/h1-10H,18H2/b9-8+. The summed E-state index contributed by atoms with van der Waals surface area (Å²) >= 11 is 0. The van der Waals surface area contributed by atoms with E-state index in [-0.39, 0.29) is 11.6 Å². The Morgan fingerprint density at radius 2 is 1.90 bits per heavy atom. The van der Waals surface area contributed by atoms with Crippen LogP contribution in [0.2, 0.25) is 0 Å². The second-order valence-electron chi connectivity index (χ2n) is 4.44. The lowest BCUT2D eigenvalue weighted by Crippen LogP contribution is -1.85. The summed E-state index contributed by atoms with van der Waals surface area (Å²) in [4.78, 5) is 4.14. The molecular weight excluding hydrogens is 269 g/mol. The lowest BCUT2D eigenvalue weighted by molar-refractivity contribution is 0.411. The third kappa shape index (κ3) is 2.97. The Morgan fingerprint density at radius 3 is 2.71 bits per heavy atom. The zero-order valence-electron chi connectivity index (χ0n) is 11.0. The van der Waals surface area contributed by atoms with Gasteiger partial charge in [-0.3, -0.25) is 0 Å². The summed E-state index contributed by atoms with van der Waals surface area (Å²) in [5, 5.41) is 3.78. The van der Waals surface area contributed by atoms with E-state index in [4.69, 9.17) is 10.3 Å². The van der Waals surface area contributed by atoms with E-state index in [0.29, 0.717) is 17.1 Å². The average Bonchev–Trinajstić information content (AvgIpc) is 2.94. The van der Waals surface area contributed by atoms with Gasteiger partial charge in [-0.1, -0.05) is 29.4 Å². The van der Waals surface area contributed by atoms with Crippen LogP contribution in [0.15, 0.2) is 53.1 Å². The molecule has 0 atom stereocenters. The molecule has 5 heteroatoms. The summed E-state index contributed by atoms with van der Waals surface area (Å²) in [5.41, 5.74) is 7.60. The molecule has 0 saturated heterocycles. The highest BCUT2D eigenvalue weighted by Gasteiger charge is 2.10. The monoisotopic (exact) mass is 281 g/mol. The first kappa shape index (κ1) is 13.1. The van der Waals surface area contributed by atoms with E-state index in [1.165, 1.54) is 6.07 Å². The second-order valence-corrected chi connectivity index (χ2v) is 4.44. The summed E-state index contributed by atoms with van der Waals surface area (Å²) in [6, 6.07) is 13.7. The molecule has 104 valence electrons. The highest BCUT2D eigenvalue weighted by atomic mass is 19.1. The molecule has 0 radical (unpaired) electrons. The molecule has 0 aliphatic carbocycles. The van der Waals surface area contributed by atoms with Crippen molar-refractivity contribution < 1.29 is 8.91 Å². The SMILES string of the molecule is Nc1cccc(/C=C/c2nc(-c3ccccc3F)no2)c1. The minimum atomic E-state index is -0.385. The number of rotatable bonds is 3. The average molecular weight is 281 g/mol. The van der Waals surface area contributed by atoms with Crippen molar-refractivity contribution in [2.24, 2.45) is 0 Å². The fourth-order valence-corrected chi connectivity index (χ4v) is 1.89. The van der Waals surface area contributed by atoms with Crippen LogP contribution in [-0.2, 0) is 0 Å². The lowest BCUT2D eigenvalue weighted by atomic mass is 10.2. The van der Waals surface area contributed by atoms with Crippen LogP contribution in [0.3, 0.4) is 0 Å². The van der Waals surface area contributed by atoms with Gasteiger partial charge in [0.2, 0.25) is 5.82 Å². The Balaban J connectivity index is 1.84. The molecule has 1 heterocycles. The first-order valence-corrected chi connectivity index (χ1v) is 6.34. The highest BCUT2D eigenvalue weighted by molar-refractivity contribution is 5.68. The Morgan fingerprint density at radius 1 is 1.05 bits per heavy atom. The smallest absolute Gasteiger partial charge is 0.250 e. The third-order valence-electron chi connectivity index (χ3n) is 2.89. The molecule has 0 amide bonds. The van der Waals surface area contributed by atoms with Crippen molar-refractivity contribution in [3.63, 3.8) is 0 Å². The molecular formula is C16H12FN3O. The van der Waals surface area contributed by atoms with Gasteiger partial charge in [0, 0.05) is 11.8 Å². The van der Waals surface area contributed by atoms with Gasteiger partial charge in [0.25, 0.3) is 5.89 Å². The van der Waals surface area contributed by atoms with Gasteiger partial charge in [-0.2, -0.15) is 4.98 Å². The van der Waals surface area contributed by atoms with Gasteiger partial charge in [0.1, 0.15) is 5.82 Å². The van der Waals surface area contributed by atoms with E-state index in [0.717, 1.165) is 5.56 Å². The molecule has 0 spiro atoms. The van der Waals surface area contributed by atoms with E-state index in [1.807, 2.05) is 18.2 Å². The van der Waals surface area contributed by atoms with Crippen molar-refractivity contribution in [3.8, 4) is 11.4 Å². The highest BCUT2D eigenvalue weighted by Crippen LogP contribution is 2.20. The van der Waals surface area contributed by atoms with Gasteiger partial charge in [0.05, 0.1) is 5.56 Å². The van der Waals surface area contributed by atoms with Crippen LogP contribution < -0.4 is 5.73 Å².